The monoisotopic (exact) mass is 303 g/mol. The number of carbonyl (C=O) groups is 1. The second-order valence-electron chi connectivity index (χ2n) is 4.49. The number of aromatic amines is 1. The lowest BCUT2D eigenvalue weighted by molar-refractivity contribution is 0.104. The number of para-hydroxylation sites is 1. The molecule has 1 aromatic heterocycles. The van der Waals surface area contributed by atoms with E-state index in [2.05, 4.69) is 4.98 Å². The Morgan fingerprint density at radius 2 is 1.75 bits per heavy atom. The first-order chi connectivity index (χ1) is 9.66. The molecule has 0 unspecified atom stereocenters. The molecule has 20 heavy (non-hydrogen) atoms. The minimum atomic E-state index is -0.637. The van der Waals surface area contributed by atoms with Crippen molar-refractivity contribution in [3.63, 3.8) is 0 Å². The molecule has 2 aromatic carbocycles. The van der Waals surface area contributed by atoms with Crippen LogP contribution in [0, 0.1) is 0 Å². The molecule has 3 rings (SSSR count). The fourth-order valence-corrected chi connectivity index (χ4v) is 2.46. The SMILES string of the molecule is O=C(c1ccccc1)c1cccc2cc(C(Cl)Cl)[nH]c12. The van der Waals surface area contributed by atoms with Gasteiger partial charge in [-0.05, 0) is 12.1 Å². The van der Waals surface area contributed by atoms with Crippen LogP contribution in [0.15, 0.2) is 54.6 Å². The molecule has 0 radical (unpaired) electrons. The Balaban J connectivity index is 2.14. The fraction of sp³-hybridized carbons (Fsp3) is 0.0625. The quantitative estimate of drug-likeness (QED) is 0.543. The van der Waals surface area contributed by atoms with Crippen LogP contribution in [-0.2, 0) is 0 Å². The Morgan fingerprint density at radius 3 is 2.45 bits per heavy atom. The number of rotatable bonds is 3. The molecule has 0 aliphatic heterocycles. The van der Waals surface area contributed by atoms with Crippen LogP contribution in [0.3, 0.4) is 0 Å². The number of hydrogen-bond donors (Lipinski definition) is 1. The Morgan fingerprint density at radius 1 is 1.00 bits per heavy atom. The van der Waals surface area contributed by atoms with Crippen molar-refractivity contribution in [2.24, 2.45) is 0 Å². The Labute approximate surface area is 126 Å². The van der Waals surface area contributed by atoms with Gasteiger partial charge in [0.1, 0.15) is 4.84 Å². The molecule has 0 saturated carbocycles. The zero-order valence-corrected chi connectivity index (χ0v) is 11.9. The van der Waals surface area contributed by atoms with Crippen LogP contribution >= 0.6 is 23.2 Å². The number of H-pyrrole nitrogens is 1. The van der Waals surface area contributed by atoms with Crippen molar-refractivity contribution in [2.75, 3.05) is 0 Å². The van der Waals surface area contributed by atoms with Crippen LogP contribution in [0.5, 0.6) is 0 Å². The highest BCUT2D eigenvalue weighted by atomic mass is 35.5. The summed E-state index contributed by atoms with van der Waals surface area (Å²) in [5.41, 5.74) is 2.73. The zero-order chi connectivity index (χ0) is 14.1. The number of fused-ring (bicyclic) bond motifs is 1. The van der Waals surface area contributed by atoms with Crippen molar-refractivity contribution in [1.82, 2.24) is 4.98 Å². The first kappa shape index (κ1) is 13.2. The number of halogens is 2. The molecule has 0 atom stereocenters. The summed E-state index contributed by atoms with van der Waals surface area (Å²) in [6.07, 6.45) is 0. The minimum absolute atomic E-state index is 0.0229. The number of carbonyl (C=O) groups excluding carboxylic acids is 1. The van der Waals surface area contributed by atoms with Gasteiger partial charge in [-0.2, -0.15) is 0 Å². The topological polar surface area (TPSA) is 32.9 Å². The molecule has 4 heteroatoms. The summed E-state index contributed by atoms with van der Waals surface area (Å²) in [5.74, 6) is -0.0229. The predicted molar refractivity (Wildman–Crippen MR) is 82.6 cm³/mol. The van der Waals surface area contributed by atoms with E-state index in [1.165, 1.54) is 0 Å². The molecule has 3 aromatic rings. The summed E-state index contributed by atoms with van der Waals surface area (Å²) >= 11 is 11.7. The van der Waals surface area contributed by atoms with Gasteiger partial charge in [0.15, 0.2) is 5.78 Å². The van der Waals surface area contributed by atoms with E-state index in [0.29, 0.717) is 16.8 Å². The predicted octanol–water partition coefficient (Wildman–Crippen LogP) is 4.88. The van der Waals surface area contributed by atoms with Gasteiger partial charge < -0.3 is 4.98 Å². The third-order valence-corrected chi connectivity index (χ3v) is 3.66. The van der Waals surface area contributed by atoms with E-state index in [9.17, 15) is 4.79 Å². The number of alkyl halides is 2. The van der Waals surface area contributed by atoms with E-state index in [0.717, 1.165) is 10.9 Å². The molecule has 100 valence electrons. The van der Waals surface area contributed by atoms with Crippen LogP contribution in [0.1, 0.15) is 26.5 Å². The van der Waals surface area contributed by atoms with Crippen molar-refractivity contribution < 1.29 is 4.79 Å². The molecule has 0 saturated heterocycles. The highest BCUT2D eigenvalue weighted by Gasteiger charge is 2.15. The molecule has 0 fully saturated rings. The number of ketones is 1. The van der Waals surface area contributed by atoms with E-state index >= 15 is 0 Å². The van der Waals surface area contributed by atoms with Crippen LogP contribution in [0.2, 0.25) is 0 Å². The second kappa shape index (κ2) is 5.31. The lowest BCUT2D eigenvalue weighted by atomic mass is 10.0. The van der Waals surface area contributed by atoms with Crippen LogP contribution in [-0.4, -0.2) is 10.8 Å². The average Bonchev–Trinajstić information content (AvgIpc) is 2.91. The van der Waals surface area contributed by atoms with Gasteiger partial charge in [-0.3, -0.25) is 4.79 Å². The second-order valence-corrected chi connectivity index (χ2v) is 5.59. The molecule has 1 heterocycles. The van der Waals surface area contributed by atoms with Crippen LogP contribution in [0.25, 0.3) is 10.9 Å². The van der Waals surface area contributed by atoms with Gasteiger partial charge in [-0.25, -0.2) is 0 Å². The van der Waals surface area contributed by atoms with Crippen molar-refractivity contribution >= 4 is 39.9 Å². The van der Waals surface area contributed by atoms with E-state index in [4.69, 9.17) is 23.2 Å². The summed E-state index contributed by atoms with van der Waals surface area (Å²) in [6.45, 7) is 0. The smallest absolute Gasteiger partial charge is 0.195 e. The molecule has 1 N–H and O–H groups in total. The van der Waals surface area contributed by atoms with Gasteiger partial charge in [-0.15, -0.1) is 0 Å². The molecular formula is C16H11Cl2NO. The molecule has 0 amide bonds. The van der Waals surface area contributed by atoms with Crippen LogP contribution in [0.4, 0.5) is 0 Å². The fourth-order valence-electron chi connectivity index (χ4n) is 2.23. The number of aromatic nitrogens is 1. The van der Waals surface area contributed by atoms with Crippen molar-refractivity contribution in [3.05, 3.63) is 71.4 Å². The lowest BCUT2D eigenvalue weighted by Gasteiger charge is -2.03. The summed E-state index contributed by atoms with van der Waals surface area (Å²) in [6, 6.07) is 16.6. The molecule has 0 aliphatic rings. The lowest BCUT2D eigenvalue weighted by Crippen LogP contribution is -2.01. The molecule has 0 aliphatic carbocycles. The van der Waals surface area contributed by atoms with Gasteiger partial charge in [0.05, 0.1) is 5.52 Å². The van der Waals surface area contributed by atoms with Gasteiger partial charge >= 0.3 is 0 Å². The first-order valence-corrected chi connectivity index (χ1v) is 7.03. The highest BCUT2D eigenvalue weighted by molar-refractivity contribution is 6.44. The van der Waals surface area contributed by atoms with Gasteiger partial charge in [0, 0.05) is 22.2 Å². The van der Waals surface area contributed by atoms with E-state index in [-0.39, 0.29) is 5.78 Å². The minimum Gasteiger partial charge on any atom is -0.356 e. The molecule has 2 nitrogen and oxygen atoms in total. The maximum Gasteiger partial charge on any atom is 0.195 e. The van der Waals surface area contributed by atoms with E-state index in [1.807, 2.05) is 36.4 Å². The first-order valence-electron chi connectivity index (χ1n) is 6.16. The summed E-state index contributed by atoms with van der Waals surface area (Å²) in [5, 5.41) is 0.924. The Hall–Kier alpha value is -1.77. The maximum atomic E-state index is 12.6. The molecule has 0 spiro atoms. The van der Waals surface area contributed by atoms with Gasteiger partial charge in [0.2, 0.25) is 0 Å². The summed E-state index contributed by atoms with van der Waals surface area (Å²) in [7, 11) is 0. The largest absolute Gasteiger partial charge is 0.356 e. The van der Waals surface area contributed by atoms with E-state index < -0.39 is 4.84 Å². The average molecular weight is 304 g/mol. The van der Waals surface area contributed by atoms with Crippen LogP contribution < -0.4 is 0 Å². The molecular weight excluding hydrogens is 293 g/mol. The number of benzene rings is 2. The van der Waals surface area contributed by atoms with E-state index in [1.54, 1.807) is 18.2 Å². The standard InChI is InChI=1S/C16H11Cl2NO/c17-16(18)13-9-11-7-4-8-12(14(11)19-13)15(20)10-5-2-1-3-6-10/h1-9,16,19H. The van der Waals surface area contributed by atoms with Gasteiger partial charge in [-0.1, -0.05) is 65.7 Å². The highest BCUT2D eigenvalue weighted by Crippen LogP contribution is 2.29. The maximum absolute atomic E-state index is 12.6. The van der Waals surface area contributed by atoms with Gasteiger partial charge in [0.25, 0.3) is 0 Å². The van der Waals surface area contributed by atoms with Crippen molar-refractivity contribution in [3.8, 4) is 0 Å². The normalized spacial score (nSPS) is 11.2. The third-order valence-electron chi connectivity index (χ3n) is 3.19. The number of hydrogen-bond acceptors (Lipinski definition) is 1. The molecule has 0 bridgehead atoms. The van der Waals surface area contributed by atoms with Crippen molar-refractivity contribution in [2.45, 2.75) is 4.84 Å². The summed E-state index contributed by atoms with van der Waals surface area (Å²) < 4.78 is 0. The Kier molecular flexibility index (Phi) is 3.51. The Bertz CT molecular complexity index is 763. The third kappa shape index (κ3) is 2.33. The van der Waals surface area contributed by atoms with Crippen molar-refractivity contribution in [1.29, 1.82) is 0 Å². The number of nitrogens with one attached hydrogen (secondary N) is 1. The zero-order valence-electron chi connectivity index (χ0n) is 10.4. The summed E-state index contributed by atoms with van der Waals surface area (Å²) in [4.78, 5) is 15.0.